The van der Waals surface area contributed by atoms with Gasteiger partial charge in [-0.3, -0.25) is 4.79 Å². The van der Waals surface area contributed by atoms with Crippen LogP contribution in [0, 0.1) is 5.92 Å². The molecule has 2 aliphatic rings. The van der Waals surface area contributed by atoms with Gasteiger partial charge in [0.15, 0.2) is 11.5 Å². The molecule has 9 nitrogen and oxygen atoms in total. The maximum Gasteiger partial charge on any atom is 0.276 e. The van der Waals surface area contributed by atoms with E-state index in [0.717, 1.165) is 31.4 Å². The summed E-state index contributed by atoms with van der Waals surface area (Å²) >= 11 is 0. The number of carbonyl (C=O) groups is 1. The second kappa shape index (κ2) is 6.81. The van der Waals surface area contributed by atoms with E-state index >= 15 is 0 Å². The first-order valence-corrected chi connectivity index (χ1v) is 9.65. The second-order valence-electron chi connectivity index (χ2n) is 7.54. The van der Waals surface area contributed by atoms with Crippen LogP contribution in [0.25, 0.3) is 5.95 Å². The summed E-state index contributed by atoms with van der Waals surface area (Å²) in [6.45, 7) is 2.61. The minimum atomic E-state index is -0.305. The fraction of sp³-hybridized carbons (Fsp3) is 0.474. The summed E-state index contributed by atoms with van der Waals surface area (Å²) in [6.07, 6.45) is 9.24. The predicted octanol–water partition coefficient (Wildman–Crippen LogP) is 2.54. The Morgan fingerprint density at radius 1 is 1.25 bits per heavy atom. The number of hydrogen-bond acceptors (Lipinski definition) is 7. The van der Waals surface area contributed by atoms with E-state index in [-0.39, 0.29) is 11.9 Å². The zero-order chi connectivity index (χ0) is 19.1. The van der Waals surface area contributed by atoms with Gasteiger partial charge >= 0.3 is 0 Å². The molecule has 28 heavy (non-hydrogen) atoms. The third kappa shape index (κ3) is 3.28. The van der Waals surface area contributed by atoms with Crippen molar-refractivity contribution in [3.05, 3.63) is 48.1 Å². The molecule has 9 heteroatoms. The van der Waals surface area contributed by atoms with Crippen molar-refractivity contribution in [2.75, 3.05) is 6.54 Å². The van der Waals surface area contributed by atoms with Gasteiger partial charge in [0, 0.05) is 30.9 Å². The standard InChI is InChI=1S/C19H21N7O2/c1-12(17-22-11-23-26(17)19-20-7-2-8-21-19)25(10-13-3-4-13)18(27)15-9-16(28-24-15)14-5-6-14/h2,7-9,11-14H,3-6,10H2,1H3. The summed E-state index contributed by atoms with van der Waals surface area (Å²) in [4.78, 5) is 28.0. The smallest absolute Gasteiger partial charge is 0.276 e. The Morgan fingerprint density at radius 2 is 2.04 bits per heavy atom. The maximum atomic E-state index is 13.3. The number of hydrogen-bond donors (Lipinski definition) is 0. The second-order valence-corrected chi connectivity index (χ2v) is 7.54. The van der Waals surface area contributed by atoms with Crippen LogP contribution in [0.3, 0.4) is 0 Å². The largest absolute Gasteiger partial charge is 0.360 e. The Morgan fingerprint density at radius 3 is 2.75 bits per heavy atom. The number of rotatable bonds is 7. The van der Waals surface area contributed by atoms with Crippen molar-refractivity contribution in [3.63, 3.8) is 0 Å². The van der Waals surface area contributed by atoms with Crippen molar-refractivity contribution >= 4 is 5.91 Å². The van der Waals surface area contributed by atoms with Gasteiger partial charge < -0.3 is 9.42 Å². The van der Waals surface area contributed by atoms with Gasteiger partial charge in [-0.2, -0.15) is 9.78 Å². The molecule has 3 aromatic rings. The SMILES string of the molecule is CC(c1ncnn1-c1ncccn1)N(CC1CC1)C(=O)c1cc(C2CC2)on1. The van der Waals surface area contributed by atoms with Gasteiger partial charge in [0.25, 0.3) is 11.9 Å². The van der Waals surface area contributed by atoms with Crippen molar-refractivity contribution in [2.24, 2.45) is 5.92 Å². The lowest BCUT2D eigenvalue weighted by Crippen LogP contribution is -2.37. The quantitative estimate of drug-likeness (QED) is 0.621. The van der Waals surface area contributed by atoms with Gasteiger partial charge in [-0.15, -0.1) is 0 Å². The van der Waals surface area contributed by atoms with Crippen molar-refractivity contribution in [1.82, 2.24) is 34.8 Å². The van der Waals surface area contributed by atoms with Crippen molar-refractivity contribution in [2.45, 2.75) is 44.6 Å². The van der Waals surface area contributed by atoms with Crippen LogP contribution in [0.5, 0.6) is 0 Å². The van der Waals surface area contributed by atoms with Crippen LogP contribution in [0.2, 0.25) is 0 Å². The van der Waals surface area contributed by atoms with Gasteiger partial charge in [0.1, 0.15) is 12.1 Å². The van der Waals surface area contributed by atoms with Crippen LogP contribution in [0.4, 0.5) is 0 Å². The van der Waals surface area contributed by atoms with Crippen molar-refractivity contribution in [1.29, 1.82) is 0 Å². The first-order chi connectivity index (χ1) is 13.7. The molecule has 0 saturated heterocycles. The highest BCUT2D eigenvalue weighted by atomic mass is 16.5. The summed E-state index contributed by atoms with van der Waals surface area (Å²) in [5.41, 5.74) is 0.358. The summed E-state index contributed by atoms with van der Waals surface area (Å²) in [7, 11) is 0. The third-order valence-corrected chi connectivity index (χ3v) is 5.30. The molecule has 2 fully saturated rings. The molecule has 1 unspecified atom stereocenters. The van der Waals surface area contributed by atoms with E-state index in [0.29, 0.717) is 35.8 Å². The van der Waals surface area contributed by atoms with E-state index in [1.807, 2.05) is 11.8 Å². The Balaban J connectivity index is 1.44. The highest BCUT2D eigenvalue weighted by Gasteiger charge is 2.35. The number of nitrogens with zero attached hydrogens (tertiary/aromatic N) is 7. The lowest BCUT2D eigenvalue weighted by atomic mass is 10.2. The van der Waals surface area contributed by atoms with E-state index in [1.54, 1.807) is 29.2 Å². The molecule has 2 saturated carbocycles. The summed E-state index contributed by atoms with van der Waals surface area (Å²) in [6, 6.07) is 3.23. The van der Waals surface area contributed by atoms with E-state index < -0.39 is 0 Å². The van der Waals surface area contributed by atoms with Crippen molar-refractivity contribution < 1.29 is 9.32 Å². The molecule has 0 bridgehead atoms. The highest BCUT2D eigenvalue weighted by molar-refractivity contribution is 5.92. The van der Waals surface area contributed by atoms with Crippen LogP contribution >= 0.6 is 0 Å². The molecule has 2 aliphatic carbocycles. The van der Waals surface area contributed by atoms with Crippen LogP contribution in [-0.2, 0) is 0 Å². The molecule has 144 valence electrons. The van der Waals surface area contributed by atoms with E-state index in [1.165, 1.54) is 6.33 Å². The lowest BCUT2D eigenvalue weighted by Gasteiger charge is -2.28. The number of amides is 1. The zero-order valence-corrected chi connectivity index (χ0v) is 15.6. The summed E-state index contributed by atoms with van der Waals surface area (Å²) in [5, 5.41) is 8.30. The predicted molar refractivity (Wildman–Crippen MR) is 97.6 cm³/mol. The minimum Gasteiger partial charge on any atom is -0.360 e. The third-order valence-electron chi connectivity index (χ3n) is 5.30. The molecule has 0 aliphatic heterocycles. The monoisotopic (exact) mass is 379 g/mol. The van der Waals surface area contributed by atoms with Gasteiger partial charge in [0.2, 0.25) is 0 Å². The van der Waals surface area contributed by atoms with Gasteiger partial charge in [-0.1, -0.05) is 5.16 Å². The number of aromatic nitrogens is 6. The minimum absolute atomic E-state index is 0.140. The van der Waals surface area contributed by atoms with Gasteiger partial charge in [0.05, 0.1) is 6.04 Å². The Kier molecular flexibility index (Phi) is 4.14. The molecule has 0 spiro atoms. The fourth-order valence-electron chi connectivity index (χ4n) is 3.32. The van der Waals surface area contributed by atoms with Crippen molar-refractivity contribution in [3.8, 4) is 5.95 Å². The molecule has 1 amide bonds. The molecule has 5 rings (SSSR count). The molecular weight excluding hydrogens is 358 g/mol. The van der Waals surface area contributed by atoms with E-state index in [4.69, 9.17) is 4.52 Å². The molecule has 0 radical (unpaired) electrons. The van der Waals surface area contributed by atoms with E-state index in [9.17, 15) is 4.79 Å². The molecule has 1 atom stereocenters. The summed E-state index contributed by atoms with van der Waals surface area (Å²) < 4.78 is 6.97. The van der Waals surface area contributed by atoms with Crippen LogP contribution < -0.4 is 0 Å². The van der Waals surface area contributed by atoms with Crippen LogP contribution in [-0.4, -0.2) is 47.2 Å². The normalized spacial score (nSPS) is 17.5. The molecule has 3 aromatic heterocycles. The average molecular weight is 379 g/mol. The topological polar surface area (TPSA) is 103 Å². The molecule has 0 N–H and O–H groups in total. The number of carbonyl (C=O) groups excluding carboxylic acids is 1. The highest BCUT2D eigenvalue weighted by Crippen LogP contribution is 2.40. The Labute approximate surface area is 161 Å². The molecule has 3 heterocycles. The Bertz CT molecular complexity index is 975. The van der Waals surface area contributed by atoms with E-state index in [2.05, 4.69) is 25.2 Å². The summed E-state index contributed by atoms with van der Waals surface area (Å²) in [5.74, 6) is 2.65. The van der Waals surface area contributed by atoms with Gasteiger partial charge in [-0.05, 0) is 44.6 Å². The maximum absolute atomic E-state index is 13.3. The first-order valence-electron chi connectivity index (χ1n) is 9.65. The fourth-order valence-corrected chi connectivity index (χ4v) is 3.32. The molecular formula is C19H21N7O2. The van der Waals surface area contributed by atoms with Crippen LogP contribution in [0.15, 0.2) is 35.4 Å². The lowest BCUT2D eigenvalue weighted by molar-refractivity contribution is 0.0660. The zero-order valence-electron chi connectivity index (χ0n) is 15.6. The molecule has 0 aromatic carbocycles. The Hall–Kier alpha value is -3.10. The average Bonchev–Trinajstić information content (AvgIpc) is 3.64. The first kappa shape index (κ1) is 17.0. The van der Waals surface area contributed by atoms with Crippen LogP contribution in [0.1, 0.15) is 66.6 Å². The van der Waals surface area contributed by atoms with Gasteiger partial charge in [-0.25, -0.2) is 15.0 Å².